The zero-order valence-corrected chi connectivity index (χ0v) is 12.8. The number of benzene rings is 1. The smallest absolute Gasteiger partial charge is 0.391 e. The Morgan fingerprint density at radius 3 is 2.54 bits per heavy atom. The van der Waals surface area contributed by atoms with Crippen LogP contribution in [0.2, 0.25) is 0 Å². The van der Waals surface area contributed by atoms with Gasteiger partial charge in [0, 0.05) is 5.56 Å². The van der Waals surface area contributed by atoms with Gasteiger partial charge in [-0.1, -0.05) is 6.07 Å². The number of hydrogen-bond acceptors (Lipinski definition) is 3. The van der Waals surface area contributed by atoms with Gasteiger partial charge in [0.15, 0.2) is 0 Å². The molecule has 2 N–H and O–H groups in total. The van der Waals surface area contributed by atoms with Crippen LogP contribution in [0.3, 0.4) is 0 Å². The first-order valence-corrected chi connectivity index (χ1v) is 7.62. The third kappa shape index (κ3) is 5.43. The number of alkyl halides is 3. The van der Waals surface area contributed by atoms with E-state index in [0.29, 0.717) is 5.75 Å². The first kappa shape index (κ1) is 18.1. The average Bonchev–Trinajstić information content (AvgIpc) is 2.98. The van der Waals surface area contributed by atoms with Crippen LogP contribution >= 0.6 is 0 Å². The number of carboxylic acid groups (broad SMARTS) is 1. The summed E-state index contributed by atoms with van der Waals surface area (Å²) in [5.41, 5.74) is 0.0546. The van der Waals surface area contributed by atoms with Crippen molar-refractivity contribution in [1.82, 2.24) is 5.32 Å². The maximum absolute atomic E-state index is 12.4. The van der Waals surface area contributed by atoms with E-state index >= 15 is 0 Å². The van der Waals surface area contributed by atoms with Crippen molar-refractivity contribution in [3.8, 4) is 5.75 Å². The Morgan fingerprint density at radius 1 is 1.29 bits per heavy atom. The van der Waals surface area contributed by atoms with Gasteiger partial charge in [-0.2, -0.15) is 13.2 Å². The number of carboxylic acids is 1. The molecular weight excluding hydrogens is 327 g/mol. The van der Waals surface area contributed by atoms with E-state index < -0.39 is 30.5 Å². The minimum atomic E-state index is -4.69. The molecule has 1 unspecified atom stereocenters. The molecule has 1 aliphatic carbocycles. The topological polar surface area (TPSA) is 75.6 Å². The third-order valence-corrected chi connectivity index (χ3v) is 3.74. The summed E-state index contributed by atoms with van der Waals surface area (Å²) < 4.78 is 42.8. The zero-order valence-electron chi connectivity index (χ0n) is 12.8. The van der Waals surface area contributed by atoms with Gasteiger partial charge in [0.2, 0.25) is 0 Å². The van der Waals surface area contributed by atoms with Crippen LogP contribution in [-0.2, 0) is 4.79 Å². The van der Waals surface area contributed by atoms with Crippen LogP contribution in [0.15, 0.2) is 24.3 Å². The van der Waals surface area contributed by atoms with Gasteiger partial charge in [-0.15, -0.1) is 0 Å². The average molecular weight is 345 g/mol. The Kier molecular flexibility index (Phi) is 5.69. The summed E-state index contributed by atoms with van der Waals surface area (Å²) in [5.74, 6) is -2.18. The molecule has 0 aliphatic heterocycles. The lowest BCUT2D eigenvalue weighted by molar-refractivity contribution is -0.157. The Bertz CT molecular complexity index is 597. The van der Waals surface area contributed by atoms with E-state index in [1.165, 1.54) is 12.1 Å². The summed E-state index contributed by atoms with van der Waals surface area (Å²) in [6, 6.07) is 3.96. The number of aliphatic carboxylic acids is 1. The number of nitrogens with one attached hydrogen (secondary N) is 1. The van der Waals surface area contributed by atoms with Crippen molar-refractivity contribution in [2.24, 2.45) is 0 Å². The summed E-state index contributed by atoms with van der Waals surface area (Å²) >= 11 is 0. The van der Waals surface area contributed by atoms with Gasteiger partial charge in [0.05, 0.1) is 12.5 Å². The van der Waals surface area contributed by atoms with Gasteiger partial charge >= 0.3 is 12.1 Å². The van der Waals surface area contributed by atoms with E-state index in [1.54, 1.807) is 12.1 Å². The van der Waals surface area contributed by atoms with E-state index in [9.17, 15) is 22.8 Å². The summed E-state index contributed by atoms with van der Waals surface area (Å²) in [6.07, 6.45) is -2.27. The molecule has 1 fully saturated rings. The highest BCUT2D eigenvalue weighted by Gasteiger charge is 2.36. The molecule has 1 aliphatic rings. The molecule has 1 saturated carbocycles. The lowest BCUT2D eigenvalue weighted by Gasteiger charge is -2.17. The predicted molar refractivity (Wildman–Crippen MR) is 78.9 cm³/mol. The maximum Gasteiger partial charge on any atom is 0.391 e. The van der Waals surface area contributed by atoms with Crippen molar-refractivity contribution in [3.05, 3.63) is 29.8 Å². The van der Waals surface area contributed by atoms with Crippen LogP contribution in [0.4, 0.5) is 13.2 Å². The van der Waals surface area contributed by atoms with Gasteiger partial charge < -0.3 is 15.2 Å². The fourth-order valence-electron chi connectivity index (χ4n) is 2.58. The van der Waals surface area contributed by atoms with Crippen molar-refractivity contribution in [3.63, 3.8) is 0 Å². The normalized spacial score (nSPS) is 16.6. The molecule has 1 aromatic rings. The molecule has 0 aromatic heterocycles. The molecular formula is C16H18F3NO4. The highest BCUT2D eigenvalue weighted by atomic mass is 19.4. The van der Waals surface area contributed by atoms with E-state index in [0.717, 1.165) is 25.7 Å². The quantitative estimate of drug-likeness (QED) is 0.830. The maximum atomic E-state index is 12.4. The molecule has 0 saturated heterocycles. The monoisotopic (exact) mass is 345 g/mol. The van der Waals surface area contributed by atoms with Crippen LogP contribution in [0, 0.1) is 0 Å². The van der Waals surface area contributed by atoms with Gasteiger partial charge in [-0.25, -0.2) is 4.79 Å². The van der Waals surface area contributed by atoms with E-state index in [-0.39, 0.29) is 11.7 Å². The molecule has 0 spiro atoms. The molecule has 0 radical (unpaired) electrons. The fourth-order valence-corrected chi connectivity index (χ4v) is 2.58. The Hall–Kier alpha value is -2.25. The summed E-state index contributed by atoms with van der Waals surface area (Å²) in [6.45, 7) is 0. The second-order valence-electron chi connectivity index (χ2n) is 5.74. The van der Waals surface area contributed by atoms with E-state index in [1.807, 2.05) is 5.32 Å². The number of carbonyl (C=O) groups is 2. The van der Waals surface area contributed by atoms with E-state index in [2.05, 4.69) is 0 Å². The van der Waals surface area contributed by atoms with Crippen LogP contribution < -0.4 is 10.1 Å². The lowest BCUT2D eigenvalue weighted by atomic mass is 10.1. The van der Waals surface area contributed by atoms with Crippen LogP contribution in [0.25, 0.3) is 0 Å². The number of halogens is 3. The van der Waals surface area contributed by atoms with Crippen molar-refractivity contribution in [2.75, 3.05) is 0 Å². The number of rotatable bonds is 6. The van der Waals surface area contributed by atoms with Crippen LogP contribution in [-0.4, -0.2) is 35.3 Å². The number of carbonyl (C=O) groups excluding carboxylic acids is 1. The largest absolute Gasteiger partial charge is 0.490 e. The molecule has 2 rings (SSSR count). The Balaban J connectivity index is 2.03. The Morgan fingerprint density at radius 2 is 1.96 bits per heavy atom. The molecule has 0 heterocycles. The predicted octanol–water partition coefficient (Wildman–Crippen LogP) is 3.14. The number of amides is 1. The van der Waals surface area contributed by atoms with Gasteiger partial charge in [0.25, 0.3) is 5.91 Å². The summed E-state index contributed by atoms with van der Waals surface area (Å²) in [7, 11) is 0. The second-order valence-corrected chi connectivity index (χ2v) is 5.74. The molecule has 24 heavy (non-hydrogen) atoms. The highest BCUT2D eigenvalue weighted by molar-refractivity contribution is 5.96. The van der Waals surface area contributed by atoms with Gasteiger partial charge in [-0.3, -0.25) is 4.79 Å². The SMILES string of the molecule is O=C(NC(CC(F)(F)F)C(=O)O)c1cccc(OC2CCCC2)c1. The standard InChI is InChI=1S/C16H18F3NO4/c17-16(18,19)9-13(15(22)23)20-14(21)10-4-3-7-12(8-10)24-11-5-1-2-6-11/h3-4,7-8,11,13H,1-2,5-6,9H2,(H,20,21)(H,22,23). The molecule has 132 valence electrons. The molecule has 1 atom stereocenters. The minimum Gasteiger partial charge on any atom is -0.490 e. The van der Waals surface area contributed by atoms with Crippen molar-refractivity contribution in [2.45, 2.75) is 50.4 Å². The molecule has 5 nitrogen and oxygen atoms in total. The van der Waals surface area contributed by atoms with Crippen LogP contribution in [0.5, 0.6) is 5.75 Å². The first-order chi connectivity index (χ1) is 11.2. The zero-order chi connectivity index (χ0) is 17.7. The number of ether oxygens (including phenoxy) is 1. The molecule has 1 amide bonds. The van der Waals surface area contributed by atoms with Gasteiger partial charge in [-0.05, 0) is 43.9 Å². The number of hydrogen-bond donors (Lipinski definition) is 2. The van der Waals surface area contributed by atoms with Crippen molar-refractivity contribution in [1.29, 1.82) is 0 Å². The third-order valence-electron chi connectivity index (χ3n) is 3.74. The van der Waals surface area contributed by atoms with Gasteiger partial charge in [0.1, 0.15) is 11.8 Å². The molecule has 1 aromatic carbocycles. The van der Waals surface area contributed by atoms with E-state index in [4.69, 9.17) is 9.84 Å². The van der Waals surface area contributed by atoms with Crippen molar-refractivity contribution >= 4 is 11.9 Å². The minimum absolute atomic E-state index is 0.0546. The lowest BCUT2D eigenvalue weighted by Crippen LogP contribution is -2.43. The Labute approximate surface area is 136 Å². The summed E-state index contributed by atoms with van der Waals surface area (Å²) in [5, 5.41) is 10.7. The summed E-state index contributed by atoms with van der Waals surface area (Å²) in [4.78, 5) is 22.9. The molecule has 0 bridgehead atoms. The fraction of sp³-hybridized carbons (Fsp3) is 0.500. The van der Waals surface area contributed by atoms with Crippen LogP contribution in [0.1, 0.15) is 42.5 Å². The van der Waals surface area contributed by atoms with Crippen molar-refractivity contribution < 1.29 is 32.6 Å². The molecule has 8 heteroatoms. The first-order valence-electron chi connectivity index (χ1n) is 7.62. The second kappa shape index (κ2) is 7.55. The highest BCUT2D eigenvalue weighted by Crippen LogP contribution is 2.25.